The number of rotatable bonds is 6. The van der Waals surface area contributed by atoms with Gasteiger partial charge in [-0.1, -0.05) is 18.2 Å². The van der Waals surface area contributed by atoms with E-state index in [1.165, 1.54) is 0 Å². The minimum atomic E-state index is -0.234. The number of hydrogen-bond acceptors (Lipinski definition) is 4. The maximum Gasteiger partial charge on any atom is 0.122 e. The second-order valence-electron chi connectivity index (χ2n) is 5.98. The highest BCUT2D eigenvalue weighted by molar-refractivity contribution is 5.31. The summed E-state index contributed by atoms with van der Waals surface area (Å²) in [7, 11) is 1.78. The quantitative estimate of drug-likeness (QED) is 0.890. The number of likely N-dealkylation sites (tertiary alicyclic amines) is 1. The molecule has 1 aliphatic heterocycles. The lowest BCUT2D eigenvalue weighted by molar-refractivity contribution is -0.0361. The van der Waals surface area contributed by atoms with Gasteiger partial charge >= 0.3 is 0 Å². The van der Waals surface area contributed by atoms with E-state index in [1.807, 2.05) is 24.3 Å². The van der Waals surface area contributed by atoms with Crippen molar-refractivity contribution in [3.8, 4) is 5.75 Å². The maximum absolute atomic E-state index is 6.03. The van der Waals surface area contributed by atoms with E-state index in [-0.39, 0.29) is 5.60 Å². The van der Waals surface area contributed by atoms with Crippen LogP contribution in [0.4, 0.5) is 0 Å². The van der Waals surface area contributed by atoms with E-state index in [9.17, 15) is 0 Å². The summed E-state index contributed by atoms with van der Waals surface area (Å²) in [4.78, 5) is 2.37. The SMILES string of the molecule is COC1(COc2ccccc2C)CCN(Cc2ccn[nH]2)C1. The number of nitrogens with one attached hydrogen (secondary N) is 1. The van der Waals surface area contributed by atoms with Crippen LogP contribution in [-0.4, -0.2) is 47.5 Å². The molecule has 5 heteroatoms. The van der Waals surface area contributed by atoms with E-state index in [0.717, 1.165) is 43.1 Å². The van der Waals surface area contributed by atoms with Crippen molar-refractivity contribution < 1.29 is 9.47 Å². The Bertz CT molecular complexity index is 600. The average molecular weight is 301 g/mol. The van der Waals surface area contributed by atoms with Gasteiger partial charge in [0, 0.05) is 38.6 Å². The minimum Gasteiger partial charge on any atom is -0.490 e. The van der Waals surface area contributed by atoms with E-state index in [1.54, 1.807) is 13.3 Å². The number of H-pyrrole nitrogens is 1. The van der Waals surface area contributed by atoms with Crippen LogP contribution in [0.15, 0.2) is 36.5 Å². The molecule has 5 nitrogen and oxygen atoms in total. The van der Waals surface area contributed by atoms with Gasteiger partial charge in [-0.2, -0.15) is 5.10 Å². The number of para-hydroxylation sites is 1. The van der Waals surface area contributed by atoms with Crippen LogP contribution in [0, 0.1) is 6.92 Å². The van der Waals surface area contributed by atoms with Gasteiger partial charge in [0.15, 0.2) is 0 Å². The molecule has 1 aliphatic rings. The van der Waals surface area contributed by atoms with Crippen molar-refractivity contribution in [3.63, 3.8) is 0 Å². The summed E-state index contributed by atoms with van der Waals surface area (Å²) in [5, 5.41) is 7.01. The van der Waals surface area contributed by atoms with E-state index in [0.29, 0.717) is 6.61 Å². The molecule has 0 aliphatic carbocycles. The first-order chi connectivity index (χ1) is 10.7. The maximum atomic E-state index is 6.03. The summed E-state index contributed by atoms with van der Waals surface area (Å²) >= 11 is 0. The summed E-state index contributed by atoms with van der Waals surface area (Å²) in [6.45, 7) is 5.38. The molecule has 1 atom stereocenters. The van der Waals surface area contributed by atoms with Crippen LogP contribution in [0.3, 0.4) is 0 Å². The summed E-state index contributed by atoms with van der Waals surface area (Å²) in [5.41, 5.74) is 2.05. The highest BCUT2D eigenvalue weighted by Crippen LogP contribution is 2.28. The summed E-state index contributed by atoms with van der Waals surface area (Å²) < 4.78 is 11.8. The van der Waals surface area contributed by atoms with Crippen molar-refractivity contribution in [1.29, 1.82) is 0 Å². The van der Waals surface area contributed by atoms with Crippen LogP contribution in [0.1, 0.15) is 17.7 Å². The third-order valence-electron chi connectivity index (χ3n) is 4.37. The highest BCUT2D eigenvalue weighted by Gasteiger charge is 2.39. The third-order valence-corrected chi connectivity index (χ3v) is 4.37. The Labute approximate surface area is 131 Å². The number of aromatic amines is 1. The van der Waals surface area contributed by atoms with Gasteiger partial charge in [0.05, 0.1) is 0 Å². The molecule has 2 aromatic rings. The molecule has 118 valence electrons. The van der Waals surface area contributed by atoms with Crippen molar-refractivity contribution >= 4 is 0 Å². The predicted octanol–water partition coefficient (Wildman–Crippen LogP) is 2.39. The molecule has 1 N–H and O–H groups in total. The zero-order valence-electron chi connectivity index (χ0n) is 13.2. The lowest BCUT2D eigenvalue weighted by atomic mass is 10.0. The molecule has 0 saturated carbocycles. The zero-order chi connectivity index (χ0) is 15.4. The summed E-state index contributed by atoms with van der Waals surface area (Å²) in [6.07, 6.45) is 2.76. The fourth-order valence-electron chi connectivity index (χ4n) is 2.95. The minimum absolute atomic E-state index is 0.234. The van der Waals surface area contributed by atoms with Crippen molar-refractivity contribution in [1.82, 2.24) is 15.1 Å². The van der Waals surface area contributed by atoms with Crippen LogP contribution in [-0.2, 0) is 11.3 Å². The number of benzene rings is 1. The van der Waals surface area contributed by atoms with E-state index in [4.69, 9.17) is 9.47 Å². The van der Waals surface area contributed by atoms with Crippen molar-refractivity contribution in [2.75, 3.05) is 26.8 Å². The molecule has 3 rings (SSSR count). The number of aromatic nitrogens is 2. The molecule has 1 fully saturated rings. The van der Waals surface area contributed by atoms with Gasteiger partial charge in [-0.3, -0.25) is 10.00 Å². The van der Waals surface area contributed by atoms with Crippen LogP contribution >= 0.6 is 0 Å². The topological polar surface area (TPSA) is 50.4 Å². The number of nitrogens with zero attached hydrogens (tertiary/aromatic N) is 2. The normalized spacial score (nSPS) is 22.1. The molecule has 22 heavy (non-hydrogen) atoms. The van der Waals surface area contributed by atoms with Crippen LogP contribution in [0.2, 0.25) is 0 Å². The van der Waals surface area contributed by atoms with Crippen LogP contribution < -0.4 is 4.74 Å². The van der Waals surface area contributed by atoms with E-state index >= 15 is 0 Å². The average Bonchev–Trinajstić information content (AvgIpc) is 3.18. The van der Waals surface area contributed by atoms with Crippen LogP contribution in [0.25, 0.3) is 0 Å². The number of aryl methyl sites for hydroxylation is 1. The Hall–Kier alpha value is -1.85. The number of methoxy groups -OCH3 is 1. The first kappa shape index (κ1) is 15.1. The second-order valence-corrected chi connectivity index (χ2v) is 5.98. The fourth-order valence-corrected chi connectivity index (χ4v) is 2.95. The van der Waals surface area contributed by atoms with Crippen molar-refractivity contribution in [3.05, 3.63) is 47.8 Å². The van der Waals surface area contributed by atoms with Crippen LogP contribution in [0.5, 0.6) is 5.75 Å². The largest absolute Gasteiger partial charge is 0.490 e. The van der Waals surface area contributed by atoms with Gasteiger partial charge < -0.3 is 9.47 Å². The Kier molecular flexibility index (Phi) is 4.45. The second kappa shape index (κ2) is 6.50. The molecule has 1 aromatic heterocycles. The summed E-state index contributed by atoms with van der Waals surface area (Å²) in [5.74, 6) is 0.936. The van der Waals surface area contributed by atoms with Gasteiger partial charge in [-0.15, -0.1) is 0 Å². The van der Waals surface area contributed by atoms with Gasteiger partial charge in [-0.25, -0.2) is 0 Å². The third kappa shape index (κ3) is 3.31. The lowest BCUT2D eigenvalue weighted by Crippen LogP contribution is -2.41. The molecule has 0 bridgehead atoms. The van der Waals surface area contributed by atoms with Crippen molar-refractivity contribution in [2.45, 2.75) is 25.5 Å². The first-order valence-corrected chi connectivity index (χ1v) is 7.65. The Balaban J connectivity index is 1.60. The van der Waals surface area contributed by atoms with E-state index in [2.05, 4.69) is 28.1 Å². The number of hydrogen-bond donors (Lipinski definition) is 1. The smallest absolute Gasteiger partial charge is 0.122 e. The first-order valence-electron chi connectivity index (χ1n) is 7.65. The molecule has 1 saturated heterocycles. The molecule has 2 heterocycles. The molecule has 1 aromatic carbocycles. The molecule has 0 amide bonds. The molecule has 0 spiro atoms. The van der Waals surface area contributed by atoms with Gasteiger partial charge in [0.2, 0.25) is 0 Å². The standard InChI is InChI=1S/C17H23N3O2/c1-14-5-3-4-6-16(14)22-13-17(21-2)8-10-20(12-17)11-15-7-9-18-19-15/h3-7,9H,8,10-13H2,1-2H3,(H,18,19). The van der Waals surface area contributed by atoms with Gasteiger partial charge in [0.25, 0.3) is 0 Å². The Morgan fingerprint density at radius 1 is 1.32 bits per heavy atom. The van der Waals surface area contributed by atoms with E-state index < -0.39 is 0 Å². The highest BCUT2D eigenvalue weighted by atomic mass is 16.5. The van der Waals surface area contributed by atoms with Crippen molar-refractivity contribution in [2.24, 2.45) is 0 Å². The predicted molar refractivity (Wildman–Crippen MR) is 84.9 cm³/mol. The summed E-state index contributed by atoms with van der Waals surface area (Å²) in [6, 6.07) is 10.1. The lowest BCUT2D eigenvalue weighted by Gasteiger charge is -2.28. The molecular formula is C17H23N3O2. The molecule has 0 radical (unpaired) electrons. The Morgan fingerprint density at radius 2 is 2.18 bits per heavy atom. The number of ether oxygens (including phenoxy) is 2. The van der Waals surface area contributed by atoms with Gasteiger partial charge in [0.1, 0.15) is 18.0 Å². The molecular weight excluding hydrogens is 278 g/mol. The fraction of sp³-hybridized carbons (Fsp3) is 0.471. The monoisotopic (exact) mass is 301 g/mol. The molecule has 1 unspecified atom stereocenters. The Morgan fingerprint density at radius 3 is 2.91 bits per heavy atom. The van der Waals surface area contributed by atoms with Gasteiger partial charge in [-0.05, 0) is 31.0 Å². The zero-order valence-corrected chi connectivity index (χ0v) is 13.2.